The van der Waals surface area contributed by atoms with E-state index in [-0.39, 0.29) is 23.8 Å². The lowest BCUT2D eigenvalue weighted by Gasteiger charge is -2.17. The second-order valence-corrected chi connectivity index (χ2v) is 9.74. The smallest absolute Gasteiger partial charge is 0.224 e. The van der Waals surface area contributed by atoms with Crippen LogP contribution in [0.4, 0.5) is 21.5 Å². The molecule has 2 aromatic carbocycles. The van der Waals surface area contributed by atoms with Crippen molar-refractivity contribution in [3.05, 3.63) is 77.5 Å². The number of nitriles is 1. The Bertz CT molecular complexity index is 1580. The average Bonchev–Trinajstić information content (AvgIpc) is 2.94. The maximum atomic E-state index is 15.0. The van der Waals surface area contributed by atoms with Crippen LogP contribution in [0, 0.1) is 24.1 Å². The lowest BCUT2D eigenvalue weighted by Crippen LogP contribution is -2.17. The van der Waals surface area contributed by atoms with E-state index in [0.29, 0.717) is 53.2 Å². The van der Waals surface area contributed by atoms with Gasteiger partial charge in [-0.15, -0.1) is 0 Å². The molecule has 0 aliphatic rings. The molecule has 2 aromatic heterocycles. The Morgan fingerprint density at radius 1 is 1.12 bits per heavy atom. The van der Waals surface area contributed by atoms with Gasteiger partial charge in [-0.05, 0) is 70.7 Å². The minimum absolute atomic E-state index is 0.0846. The van der Waals surface area contributed by atoms with E-state index in [1.807, 2.05) is 45.0 Å². The standard InChI is InChI=1S/C31H33FN6O3/c1-5-40-29-16-25-23(15-26(29)37-30(39)9-7-13-38(3)4)31(21(17-33)18-35-25)36-22-10-11-28(24(32)14-22)41-19-27-20(2)8-6-12-34-27/h6,8,10-12,14-16,18H,5,7,9,13,19H2,1-4H3,(H,35,36)(H,37,39). The van der Waals surface area contributed by atoms with E-state index in [9.17, 15) is 10.1 Å². The van der Waals surface area contributed by atoms with Crippen LogP contribution in [-0.4, -0.2) is 48.0 Å². The number of ether oxygens (including phenoxy) is 2. The number of nitrogens with zero attached hydrogens (tertiary/aromatic N) is 4. The fourth-order valence-electron chi connectivity index (χ4n) is 4.24. The molecule has 0 radical (unpaired) electrons. The number of aromatic nitrogens is 2. The minimum atomic E-state index is -0.565. The summed E-state index contributed by atoms with van der Waals surface area (Å²) in [7, 11) is 3.91. The van der Waals surface area contributed by atoms with Crippen LogP contribution in [0.2, 0.25) is 0 Å². The molecule has 1 amide bonds. The number of aryl methyl sites for hydroxylation is 1. The molecular formula is C31H33FN6O3. The first-order valence-corrected chi connectivity index (χ1v) is 13.3. The molecule has 0 bridgehead atoms. The monoisotopic (exact) mass is 556 g/mol. The van der Waals surface area contributed by atoms with E-state index in [2.05, 4.69) is 26.7 Å². The minimum Gasteiger partial charge on any atom is -0.492 e. The summed E-state index contributed by atoms with van der Waals surface area (Å²) in [4.78, 5) is 23.4. The zero-order chi connectivity index (χ0) is 29.4. The fraction of sp³-hybridized carbons (Fsp3) is 0.290. The summed E-state index contributed by atoms with van der Waals surface area (Å²) in [5, 5.41) is 16.5. The van der Waals surface area contributed by atoms with Crippen LogP contribution in [0.5, 0.6) is 11.5 Å². The van der Waals surface area contributed by atoms with Crippen LogP contribution >= 0.6 is 0 Å². The molecule has 0 fully saturated rings. The molecular weight excluding hydrogens is 523 g/mol. The SMILES string of the molecule is CCOc1cc2ncc(C#N)c(Nc3ccc(OCc4ncccc4C)c(F)c3)c2cc1NC(=O)CCCN(C)C. The van der Waals surface area contributed by atoms with Crippen LogP contribution in [0.25, 0.3) is 10.9 Å². The van der Waals surface area contributed by atoms with Crippen molar-refractivity contribution in [2.24, 2.45) is 0 Å². The number of hydrogen-bond donors (Lipinski definition) is 2. The lowest BCUT2D eigenvalue weighted by molar-refractivity contribution is -0.116. The molecule has 0 atom stereocenters. The summed E-state index contributed by atoms with van der Waals surface area (Å²) < 4.78 is 26.5. The summed E-state index contributed by atoms with van der Waals surface area (Å²) in [6, 6.07) is 13.8. The van der Waals surface area contributed by atoms with Gasteiger partial charge in [0.15, 0.2) is 11.6 Å². The number of nitrogens with one attached hydrogen (secondary N) is 2. The molecule has 41 heavy (non-hydrogen) atoms. The van der Waals surface area contributed by atoms with Gasteiger partial charge < -0.3 is 25.0 Å². The van der Waals surface area contributed by atoms with Gasteiger partial charge in [0.05, 0.1) is 34.8 Å². The molecule has 4 rings (SSSR count). The number of anilines is 3. The number of hydrogen-bond acceptors (Lipinski definition) is 8. The Hall–Kier alpha value is -4.75. The highest BCUT2D eigenvalue weighted by atomic mass is 19.1. The number of amides is 1. The second-order valence-electron chi connectivity index (χ2n) is 9.74. The predicted molar refractivity (Wildman–Crippen MR) is 157 cm³/mol. The Kier molecular flexibility index (Phi) is 9.66. The number of rotatable bonds is 12. The van der Waals surface area contributed by atoms with E-state index >= 15 is 4.39 Å². The second kappa shape index (κ2) is 13.5. The first-order valence-electron chi connectivity index (χ1n) is 13.3. The molecule has 0 aliphatic carbocycles. The van der Waals surface area contributed by atoms with Crippen molar-refractivity contribution in [1.29, 1.82) is 5.26 Å². The van der Waals surface area contributed by atoms with Gasteiger partial charge >= 0.3 is 0 Å². The lowest BCUT2D eigenvalue weighted by atomic mass is 10.1. The molecule has 4 aromatic rings. The first kappa shape index (κ1) is 29.2. The zero-order valence-electron chi connectivity index (χ0n) is 23.6. The summed E-state index contributed by atoms with van der Waals surface area (Å²) in [6.07, 6.45) is 4.16. The number of benzene rings is 2. The van der Waals surface area contributed by atoms with Gasteiger partial charge in [0, 0.05) is 42.0 Å². The number of pyridine rings is 2. The van der Waals surface area contributed by atoms with Crippen molar-refractivity contribution in [1.82, 2.24) is 14.9 Å². The van der Waals surface area contributed by atoms with Crippen molar-refractivity contribution in [2.45, 2.75) is 33.3 Å². The van der Waals surface area contributed by atoms with Crippen molar-refractivity contribution in [2.75, 3.05) is 37.9 Å². The molecule has 2 N–H and O–H groups in total. The molecule has 2 heterocycles. The first-order chi connectivity index (χ1) is 19.8. The summed E-state index contributed by atoms with van der Waals surface area (Å²) in [6.45, 7) is 5.08. The summed E-state index contributed by atoms with van der Waals surface area (Å²) in [5.41, 5.74) is 3.80. The van der Waals surface area contributed by atoms with Gasteiger partial charge in [-0.3, -0.25) is 14.8 Å². The third-order valence-electron chi connectivity index (χ3n) is 6.36. The largest absolute Gasteiger partial charge is 0.492 e. The van der Waals surface area contributed by atoms with Crippen LogP contribution in [0.15, 0.2) is 54.9 Å². The third kappa shape index (κ3) is 7.47. The van der Waals surface area contributed by atoms with Gasteiger partial charge in [-0.1, -0.05) is 6.07 Å². The molecule has 0 aliphatic heterocycles. The van der Waals surface area contributed by atoms with Gasteiger partial charge in [0.25, 0.3) is 0 Å². The number of carbonyl (C=O) groups is 1. The third-order valence-corrected chi connectivity index (χ3v) is 6.36. The van der Waals surface area contributed by atoms with Gasteiger partial charge in [0.1, 0.15) is 18.4 Å². The number of fused-ring (bicyclic) bond motifs is 1. The summed E-state index contributed by atoms with van der Waals surface area (Å²) >= 11 is 0. The van der Waals surface area contributed by atoms with Crippen molar-refractivity contribution in [3.63, 3.8) is 0 Å². The fourth-order valence-corrected chi connectivity index (χ4v) is 4.24. The number of halogens is 1. The normalized spacial score (nSPS) is 10.9. The highest BCUT2D eigenvalue weighted by Crippen LogP contribution is 2.36. The molecule has 9 nitrogen and oxygen atoms in total. The van der Waals surface area contributed by atoms with Crippen LogP contribution in [0.1, 0.15) is 36.6 Å². The quantitative estimate of drug-likeness (QED) is 0.220. The Balaban J connectivity index is 1.62. The summed E-state index contributed by atoms with van der Waals surface area (Å²) in [5.74, 6) is -0.157. The van der Waals surface area contributed by atoms with Gasteiger partial charge in [-0.25, -0.2) is 4.39 Å². The van der Waals surface area contributed by atoms with E-state index in [1.165, 1.54) is 18.3 Å². The van der Waals surface area contributed by atoms with Crippen molar-refractivity contribution < 1.29 is 18.7 Å². The maximum absolute atomic E-state index is 15.0. The molecule has 0 unspecified atom stereocenters. The number of carbonyl (C=O) groups excluding carboxylic acids is 1. The molecule has 212 valence electrons. The highest BCUT2D eigenvalue weighted by molar-refractivity contribution is 6.02. The van der Waals surface area contributed by atoms with Crippen LogP contribution in [-0.2, 0) is 11.4 Å². The molecule has 0 saturated carbocycles. The van der Waals surface area contributed by atoms with Gasteiger partial charge in [-0.2, -0.15) is 5.26 Å². The highest BCUT2D eigenvalue weighted by Gasteiger charge is 2.16. The zero-order valence-corrected chi connectivity index (χ0v) is 23.6. The Morgan fingerprint density at radius 2 is 1.95 bits per heavy atom. The maximum Gasteiger partial charge on any atom is 0.224 e. The average molecular weight is 557 g/mol. The molecule has 10 heteroatoms. The van der Waals surface area contributed by atoms with E-state index in [4.69, 9.17) is 9.47 Å². The predicted octanol–water partition coefficient (Wildman–Crippen LogP) is 5.95. The molecule has 0 spiro atoms. The van der Waals surface area contributed by atoms with E-state index in [0.717, 1.165) is 17.8 Å². The topological polar surface area (TPSA) is 112 Å². The van der Waals surface area contributed by atoms with Crippen LogP contribution in [0.3, 0.4) is 0 Å². The van der Waals surface area contributed by atoms with E-state index < -0.39 is 5.82 Å². The Labute approximate surface area is 238 Å². The van der Waals surface area contributed by atoms with Crippen molar-refractivity contribution >= 4 is 33.9 Å². The van der Waals surface area contributed by atoms with E-state index in [1.54, 1.807) is 24.4 Å². The van der Waals surface area contributed by atoms with Crippen molar-refractivity contribution in [3.8, 4) is 17.6 Å². The molecule has 0 saturated heterocycles. The Morgan fingerprint density at radius 3 is 2.66 bits per heavy atom. The van der Waals surface area contributed by atoms with Crippen LogP contribution < -0.4 is 20.1 Å². The van der Waals surface area contributed by atoms with Gasteiger partial charge in [0.2, 0.25) is 5.91 Å².